The Balaban J connectivity index is 1.77. The van der Waals surface area contributed by atoms with E-state index in [1.807, 2.05) is 20.8 Å². The highest BCUT2D eigenvalue weighted by Gasteiger charge is 2.19. The molecular weight excluding hydrogens is 384 g/mol. The second-order valence-corrected chi connectivity index (χ2v) is 10.1. The molecule has 0 aromatic carbocycles. The molecule has 0 spiro atoms. The third-order valence-corrected chi connectivity index (χ3v) is 7.99. The fraction of sp³-hybridized carbons (Fsp3) is 0.333. The monoisotopic (exact) mass is 402 g/mol. The van der Waals surface area contributed by atoms with Crippen LogP contribution in [-0.2, 0) is 0 Å². The Hall–Kier alpha value is -1.77. The number of H-pyrrole nitrogens is 1. The molecule has 134 valence electrons. The van der Waals surface area contributed by atoms with E-state index in [9.17, 15) is 4.79 Å². The molecule has 0 fully saturated rings. The van der Waals surface area contributed by atoms with Crippen LogP contribution >= 0.6 is 34.4 Å². The van der Waals surface area contributed by atoms with Crippen molar-refractivity contribution in [1.29, 1.82) is 0 Å². The lowest BCUT2D eigenvalue weighted by Crippen LogP contribution is -2.12. The highest BCUT2D eigenvalue weighted by Crippen LogP contribution is 2.40. The molecule has 0 aliphatic carbocycles. The van der Waals surface area contributed by atoms with Crippen molar-refractivity contribution in [3.05, 3.63) is 43.4 Å². The van der Waals surface area contributed by atoms with Crippen LogP contribution < -0.4 is 5.56 Å². The number of aryl methyl sites for hydroxylation is 4. The van der Waals surface area contributed by atoms with Gasteiger partial charge in [0.25, 0.3) is 5.56 Å². The van der Waals surface area contributed by atoms with Crippen LogP contribution in [-0.4, -0.2) is 19.9 Å². The van der Waals surface area contributed by atoms with Crippen LogP contribution in [0.3, 0.4) is 0 Å². The van der Waals surface area contributed by atoms with Crippen molar-refractivity contribution in [1.82, 2.24) is 19.9 Å². The summed E-state index contributed by atoms with van der Waals surface area (Å²) in [7, 11) is 0. The fourth-order valence-corrected chi connectivity index (χ4v) is 6.06. The summed E-state index contributed by atoms with van der Waals surface area (Å²) < 4.78 is 0. The van der Waals surface area contributed by atoms with E-state index in [1.54, 1.807) is 40.8 Å². The van der Waals surface area contributed by atoms with Gasteiger partial charge in [-0.1, -0.05) is 11.8 Å². The third kappa shape index (κ3) is 2.76. The van der Waals surface area contributed by atoms with Crippen LogP contribution in [0.2, 0.25) is 0 Å². The van der Waals surface area contributed by atoms with Crippen LogP contribution in [0.1, 0.15) is 38.9 Å². The summed E-state index contributed by atoms with van der Waals surface area (Å²) in [5.41, 5.74) is 2.18. The maximum absolute atomic E-state index is 12.5. The predicted molar refractivity (Wildman–Crippen MR) is 111 cm³/mol. The number of rotatable bonds is 3. The Bertz CT molecular complexity index is 1200. The van der Waals surface area contributed by atoms with Crippen LogP contribution in [0.5, 0.6) is 0 Å². The van der Waals surface area contributed by atoms with Crippen molar-refractivity contribution in [2.24, 2.45) is 0 Å². The first kappa shape index (κ1) is 17.6. The van der Waals surface area contributed by atoms with Gasteiger partial charge in [0.2, 0.25) is 0 Å². The Morgan fingerprint density at radius 3 is 2.38 bits per heavy atom. The minimum atomic E-state index is -0.0605. The maximum Gasteiger partial charge on any atom is 0.259 e. The molecule has 1 atom stereocenters. The minimum absolute atomic E-state index is 0.0208. The van der Waals surface area contributed by atoms with Gasteiger partial charge in [-0.15, -0.1) is 22.7 Å². The minimum Gasteiger partial charge on any atom is -0.309 e. The predicted octanol–water partition coefficient (Wildman–Crippen LogP) is 5.08. The number of nitrogens with one attached hydrogen (secondary N) is 1. The molecule has 0 unspecified atom stereocenters. The first-order chi connectivity index (χ1) is 12.4. The SMILES string of the molecule is Cc1sc2ncnc(S[C@@H](C)c3nc4sc(C)c(C)c4c(=O)[nH]3)c2c1C. The summed E-state index contributed by atoms with van der Waals surface area (Å²) in [4.78, 5) is 33.3. The van der Waals surface area contributed by atoms with Gasteiger partial charge >= 0.3 is 0 Å². The maximum atomic E-state index is 12.5. The lowest BCUT2D eigenvalue weighted by molar-refractivity contribution is 0.921. The van der Waals surface area contributed by atoms with Gasteiger partial charge in [-0.05, 0) is 45.7 Å². The molecule has 4 aromatic rings. The van der Waals surface area contributed by atoms with E-state index in [0.29, 0.717) is 11.2 Å². The van der Waals surface area contributed by atoms with E-state index in [0.717, 1.165) is 30.5 Å². The second-order valence-electron chi connectivity index (χ2n) is 6.32. The fourth-order valence-electron chi connectivity index (χ4n) is 2.93. The summed E-state index contributed by atoms with van der Waals surface area (Å²) in [6.45, 7) is 10.3. The topological polar surface area (TPSA) is 71.5 Å². The Morgan fingerprint density at radius 2 is 1.65 bits per heavy atom. The van der Waals surface area contributed by atoms with Gasteiger partial charge in [0, 0.05) is 15.1 Å². The molecule has 0 radical (unpaired) electrons. The molecule has 4 aromatic heterocycles. The molecule has 0 amide bonds. The molecule has 4 rings (SSSR count). The van der Waals surface area contributed by atoms with Crippen LogP contribution in [0.4, 0.5) is 0 Å². The average Bonchev–Trinajstić information content (AvgIpc) is 3.05. The van der Waals surface area contributed by atoms with Crippen molar-refractivity contribution in [3.63, 3.8) is 0 Å². The zero-order chi connectivity index (χ0) is 18.6. The van der Waals surface area contributed by atoms with Gasteiger partial charge in [-0.25, -0.2) is 15.0 Å². The molecule has 8 heteroatoms. The van der Waals surface area contributed by atoms with Crippen molar-refractivity contribution < 1.29 is 0 Å². The quantitative estimate of drug-likeness (QED) is 0.382. The standard InChI is InChI=1S/C18H18N4OS3/c1-7-9(3)25-18-12(7)15(23)21-14(22-18)11(5)26-17-13-8(2)10(4)24-16(13)19-6-20-17/h6,11H,1-5H3,(H,21,22,23)/t11-/m0/s1. The number of aromatic amines is 1. The molecule has 0 saturated carbocycles. The zero-order valence-corrected chi connectivity index (χ0v) is 17.6. The van der Waals surface area contributed by atoms with Crippen molar-refractivity contribution >= 4 is 54.9 Å². The van der Waals surface area contributed by atoms with Gasteiger partial charge in [0.15, 0.2) is 0 Å². The van der Waals surface area contributed by atoms with E-state index >= 15 is 0 Å². The molecular formula is C18H18N4OS3. The molecule has 0 aliphatic heterocycles. The zero-order valence-electron chi connectivity index (χ0n) is 15.1. The Kier molecular flexibility index (Phi) is 4.37. The highest BCUT2D eigenvalue weighted by molar-refractivity contribution is 7.99. The lowest BCUT2D eigenvalue weighted by Gasteiger charge is -2.11. The molecule has 5 nitrogen and oxygen atoms in total. The van der Waals surface area contributed by atoms with Gasteiger partial charge in [0.1, 0.15) is 26.8 Å². The van der Waals surface area contributed by atoms with Crippen molar-refractivity contribution in [2.45, 2.75) is 44.9 Å². The Labute approximate surface area is 162 Å². The van der Waals surface area contributed by atoms with Crippen LogP contribution in [0.25, 0.3) is 20.4 Å². The number of hydrogen-bond donors (Lipinski definition) is 1. The summed E-state index contributed by atoms with van der Waals surface area (Å²) in [5, 5.41) is 2.73. The number of aromatic nitrogens is 4. The van der Waals surface area contributed by atoms with E-state index < -0.39 is 0 Å². The van der Waals surface area contributed by atoms with Gasteiger partial charge in [0.05, 0.1) is 10.6 Å². The van der Waals surface area contributed by atoms with Gasteiger partial charge < -0.3 is 4.98 Å². The molecule has 4 heterocycles. The molecule has 0 saturated heterocycles. The molecule has 0 aliphatic rings. The summed E-state index contributed by atoms with van der Waals surface area (Å²) in [5.74, 6) is 0.685. The molecule has 0 bridgehead atoms. The number of thioether (sulfide) groups is 1. The van der Waals surface area contributed by atoms with E-state index in [4.69, 9.17) is 4.98 Å². The van der Waals surface area contributed by atoms with E-state index in [1.165, 1.54) is 10.4 Å². The van der Waals surface area contributed by atoms with Crippen LogP contribution in [0.15, 0.2) is 16.1 Å². The molecule has 1 N–H and O–H groups in total. The highest BCUT2D eigenvalue weighted by atomic mass is 32.2. The van der Waals surface area contributed by atoms with E-state index in [-0.39, 0.29) is 10.8 Å². The first-order valence-corrected chi connectivity index (χ1v) is 10.7. The van der Waals surface area contributed by atoms with E-state index in [2.05, 4.69) is 28.8 Å². The largest absolute Gasteiger partial charge is 0.309 e. The van der Waals surface area contributed by atoms with Crippen LogP contribution in [0, 0.1) is 27.7 Å². The van der Waals surface area contributed by atoms with Gasteiger partial charge in [-0.2, -0.15) is 0 Å². The summed E-state index contributed by atoms with van der Waals surface area (Å²) >= 11 is 4.87. The summed E-state index contributed by atoms with van der Waals surface area (Å²) in [6, 6.07) is 0. The normalized spacial score (nSPS) is 13.0. The first-order valence-electron chi connectivity index (χ1n) is 8.24. The van der Waals surface area contributed by atoms with Crippen molar-refractivity contribution in [2.75, 3.05) is 0 Å². The number of hydrogen-bond acceptors (Lipinski definition) is 7. The molecule has 26 heavy (non-hydrogen) atoms. The smallest absolute Gasteiger partial charge is 0.259 e. The van der Waals surface area contributed by atoms with Gasteiger partial charge in [-0.3, -0.25) is 4.79 Å². The number of fused-ring (bicyclic) bond motifs is 2. The second kappa shape index (κ2) is 6.44. The lowest BCUT2D eigenvalue weighted by atomic mass is 10.2. The average molecular weight is 403 g/mol. The Morgan fingerprint density at radius 1 is 1.00 bits per heavy atom. The third-order valence-electron chi connectivity index (χ3n) is 4.66. The van der Waals surface area contributed by atoms with Crippen molar-refractivity contribution in [3.8, 4) is 0 Å². The number of thiophene rings is 2. The number of nitrogens with zero attached hydrogens (tertiary/aromatic N) is 3. The summed E-state index contributed by atoms with van der Waals surface area (Å²) in [6.07, 6.45) is 1.61.